The second kappa shape index (κ2) is 5.08. The average Bonchev–Trinajstić information content (AvgIpc) is 3.00. The zero-order valence-corrected chi connectivity index (χ0v) is 12.5. The van der Waals surface area contributed by atoms with Crippen LogP contribution in [0.15, 0.2) is 24.3 Å². The third-order valence-electron chi connectivity index (χ3n) is 5.21. The molecule has 0 amide bonds. The van der Waals surface area contributed by atoms with Gasteiger partial charge in [0.2, 0.25) is 0 Å². The van der Waals surface area contributed by atoms with Crippen LogP contribution in [0.4, 0.5) is 0 Å². The van der Waals surface area contributed by atoms with Crippen molar-refractivity contribution in [3.05, 3.63) is 24.3 Å². The van der Waals surface area contributed by atoms with Crippen LogP contribution in [0.1, 0.15) is 39.0 Å². The van der Waals surface area contributed by atoms with Crippen molar-refractivity contribution in [2.75, 3.05) is 5.75 Å². The lowest BCUT2D eigenvalue weighted by molar-refractivity contribution is 0.370. The van der Waals surface area contributed by atoms with Crippen LogP contribution in [0.2, 0.25) is 0 Å². The maximum atomic E-state index is 12.3. The standard InChI is InChI=1S/C16H24O2S/c1-2-3-4-5-6-7-15-16-13-9-8-12(10-13)14(16)11-19(15,17)18/h6-9,12-16H,2-5,10-11H2,1H3/b7-6+/t12?,13?,14?,15-,16?/m0/s1. The van der Waals surface area contributed by atoms with Gasteiger partial charge in [-0.15, -0.1) is 0 Å². The molecule has 19 heavy (non-hydrogen) atoms. The number of hydrogen-bond donors (Lipinski definition) is 0. The SMILES string of the molecule is CCCCC/C=C/[C@H]1C2C3C=CC(C3)C2CS1(=O)=O. The Kier molecular flexibility index (Phi) is 3.59. The Bertz CT molecular complexity index is 489. The Hall–Kier alpha value is -0.570. The van der Waals surface area contributed by atoms with Crippen molar-refractivity contribution in [1.29, 1.82) is 0 Å². The van der Waals surface area contributed by atoms with Crippen LogP contribution in [0, 0.1) is 23.7 Å². The van der Waals surface area contributed by atoms with Gasteiger partial charge in [0, 0.05) is 0 Å². The van der Waals surface area contributed by atoms with Crippen LogP contribution in [0.25, 0.3) is 0 Å². The highest BCUT2D eigenvalue weighted by atomic mass is 32.2. The molecule has 1 saturated carbocycles. The molecule has 1 saturated heterocycles. The first-order valence-electron chi connectivity index (χ1n) is 7.70. The molecule has 0 aromatic carbocycles. The van der Waals surface area contributed by atoms with Gasteiger partial charge in [0.25, 0.3) is 0 Å². The molecule has 0 spiro atoms. The summed E-state index contributed by atoms with van der Waals surface area (Å²) in [5.74, 6) is 2.28. The minimum Gasteiger partial charge on any atom is -0.228 e. The van der Waals surface area contributed by atoms with E-state index in [-0.39, 0.29) is 5.25 Å². The van der Waals surface area contributed by atoms with Crippen molar-refractivity contribution in [1.82, 2.24) is 0 Å². The van der Waals surface area contributed by atoms with E-state index >= 15 is 0 Å². The molecule has 4 unspecified atom stereocenters. The molecule has 5 atom stereocenters. The predicted molar refractivity (Wildman–Crippen MR) is 78.6 cm³/mol. The zero-order valence-electron chi connectivity index (χ0n) is 11.7. The number of fused-ring (bicyclic) bond motifs is 5. The highest BCUT2D eigenvalue weighted by Crippen LogP contribution is 2.55. The van der Waals surface area contributed by atoms with Crippen LogP contribution in [-0.2, 0) is 9.84 Å². The molecule has 1 aliphatic heterocycles. The second-order valence-electron chi connectivity index (χ2n) is 6.41. The number of allylic oxidation sites excluding steroid dienone is 3. The van der Waals surface area contributed by atoms with Crippen molar-refractivity contribution in [3.63, 3.8) is 0 Å². The molecular formula is C16H24O2S. The van der Waals surface area contributed by atoms with E-state index in [4.69, 9.17) is 0 Å². The van der Waals surface area contributed by atoms with Crippen LogP contribution in [-0.4, -0.2) is 19.4 Å². The second-order valence-corrected chi connectivity index (χ2v) is 8.61. The molecule has 0 aromatic heterocycles. The van der Waals surface area contributed by atoms with Gasteiger partial charge >= 0.3 is 0 Å². The van der Waals surface area contributed by atoms with Gasteiger partial charge < -0.3 is 0 Å². The van der Waals surface area contributed by atoms with E-state index in [0.717, 1.165) is 6.42 Å². The van der Waals surface area contributed by atoms with E-state index in [2.05, 4.69) is 25.2 Å². The summed E-state index contributed by atoms with van der Waals surface area (Å²) in [5.41, 5.74) is 0. The fraction of sp³-hybridized carbons (Fsp3) is 0.750. The summed E-state index contributed by atoms with van der Waals surface area (Å²) in [6.45, 7) is 2.19. The Morgan fingerprint density at radius 3 is 2.79 bits per heavy atom. The quantitative estimate of drug-likeness (QED) is 0.571. The van der Waals surface area contributed by atoms with Gasteiger partial charge in [0.1, 0.15) is 0 Å². The number of sulfone groups is 1. The number of unbranched alkanes of at least 4 members (excludes halogenated alkanes) is 3. The first-order valence-corrected chi connectivity index (χ1v) is 9.41. The fourth-order valence-corrected chi connectivity index (χ4v) is 6.76. The molecule has 0 N–H and O–H groups in total. The van der Waals surface area contributed by atoms with E-state index in [1.54, 1.807) is 0 Å². The number of rotatable bonds is 5. The third-order valence-corrected chi connectivity index (χ3v) is 7.36. The minimum atomic E-state index is -2.89. The van der Waals surface area contributed by atoms with Gasteiger partial charge in [-0.25, -0.2) is 8.42 Å². The lowest BCUT2D eigenvalue weighted by atomic mass is 9.82. The smallest absolute Gasteiger partial charge is 0.157 e. The topological polar surface area (TPSA) is 34.1 Å². The maximum Gasteiger partial charge on any atom is 0.157 e. The summed E-state index contributed by atoms with van der Waals surface area (Å²) in [6, 6.07) is 0. The van der Waals surface area contributed by atoms with Crippen molar-refractivity contribution in [2.24, 2.45) is 23.7 Å². The van der Waals surface area contributed by atoms with Crippen LogP contribution in [0.5, 0.6) is 0 Å². The lowest BCUT2D eigenvalue weighted by Crippen LogP contribution is -2.25. The summed E-state index contributed by atoms with van der Waals surface area (Å²) in [7, 11) is -2.89. The summed E-state index contributed by atoms with van der Waals surface area (Å²) >= 11 is 0. The lowest BCUT2D eigenvalue weighted by Gasteiger charge is -2.22. The van der Waals surface area contributed by atoms with E-state index in [1.165, 1.54) is 25.7 Å². The van der Waals surface area contributed by atoms with Gasteiger partial charge in [-0.3, -0.25) is 0 Å². The Balaban J connectivity index is 1.70. The van der Waals surface area contributed by atoms with Crippen molar-refractivity contribution < 1.29 is 8.42 Å². The predicted octanol–water partition coefficient (Wildman–Crippen LogP) is 3.36. The first kappa shape index (κ1) is 13.4. The Labute approximate surface area is 116 Å². The normalized spacial score (nSPS) is 42.3. The van der Waals surface area contributed by atoms with E-state index in [1.807, 2.05) is 6.08 Å². The van der Waals surface area contributed by atoms with Crippen molar-refractivity contribution in [3.8, 4) is 0 Å². The third kappa shape index (κ3) is 2.31. The molecule has 2 aliphatic carbocycles. The Morgan fingerprint density at radius 2 is 2.00 bits per heavy atom. The first-order chi connectivity index (χ1) is 9.13. The van der Waals surface area contributed by atoms with Crippen LogP contribution < -0.4 is 0 Å². The molecule has 3 heteroatoms. The molecule has 2 bridgehead atoms. The molecule has 0 radical (unpaired) electrons. The number of hydrogen-bond acceptors (Lipinski definition) is 2. The maximum absolute atomic E-state index is 12.3. The molecule has 1 heterocycles. The largest absolute Gasteiger partial charge is 0.228 e. The monoisotopic (exact) mass is 280 g/mol. The minimum absolute atomic E-state index is 0.195. The van der Waals surface area contributed by atoms with Crippen molar-refractivity contribution in [2.45, 2.75) is 44.3 Å². The van der Waals surface area contributed by atoms with Gasteiger partial charge in [-0.2, -0.15) is 0 Å². The molecular weight excluding hydrogens is 256 g/mol. The van der Waals surface area contributed by atoms with E-state index in [9.17, 15) is 8.42 Å². The van der Waals surface area contributed by atoms with Gasteiger partial charge in [0.15, 0.2) is 9.84 Å². The molecule has 3 rings (SSSR count). The average molecular weight is 280 g/mol. The van der Waals surface area contributed by atoms with E-state index in [0.29, 0.717) is 29.4 Å². The van der Waals surface area contributed by atoms with Gasteiger partial charge in [0.05, 0.1) is 11.0 Å². The van der Waals surface area contributed by atoms with Gasteiger partial charge in [-0.05, 0) is 42.9 Å². The van der Waals surface area contributed by atoms with Crippen molar-refractivity contribution >= 4 is 9.84 Å². The highest BCUT2D eigenvalue weighted by molar-refractivity contribution is 7.92. The molecule has 106 valence electrons. The molecule has 3 aliphatic rings. The van der Waals surface area contributed by atoms with Crippen LogP contribution in [0.3, 0.4) is 0 Å². The summed E-state index contributed by atoms with van der Waals surface area (Å²) in [4.78, 5) is 0. The summed E-state index contributed by atoms with van der Waals surface area (Å²) < 4.78 is 24.7. The molecule has 2 fully saturated rings. The Morgan fingerprint density at radius 1 is 1.21 bits per heavy atom. The molecule has 0 aromatic rings. The zero-order chi connectivity index (χ0) is 13.5. The highest BCUT2D eigenvalue weighted by Gasteiger charge is 2.56. The summed E-state index contributed by atoms with van der Waals surface area (Å²) in [5, 5.41) is -0.195. The molecule has 2 nitrogen and oxygen atoms in total. The fourth-order valence-electron chi connectivity index (χ4n) is 4.29. The van der Waals surface area contributed by atoms with E-state index < -0.39 is 9.84 Å². The summed E-state index contributed by atoms with van der Waals surface area (Å²) in [6.07, 6.45) is 14.5. The van der Waals surface area contributed by atoms with Crippen LogP contribution >= 0.6 is 0 Å². The van der Waals surface area contributed by atoms with Gasteiger partial charge in [-0.1, -0.05) is 44.1 Å².